The molecule has 0 unspecified atom stereocenters. The number of hydrogen-bond donors (Lipinski definition) is 1. The zero-order valence-corrected chi connectivity index (χ0v) is 17.8. The molecular formula is C21H20ClN3O3S. The number of anilines is 1. The molecule has 8 heteroatoms. The van der Waals surface area contributed by atoms with Gasteiger partial charge in [-0.2, -0.15) is 5.10 Å². The summed E-state index contributed by atoms with van der Waals surface area (Å²) in [5, 5.41) is 8.11. The first-order chi connectivity index (χ1) is 14.0. The van der Waals surface area contributed by atoms with Crippen LogP contribution in [-0.2, 0) is 4.79 Å². The molecule has 1 aliphatic rings. The van der Waals surface area contributed by atoms with Crippen LogP contribution in [0.1, 0.15) is 22.1 Å². The summed E-state index contributed by atoms with van der Waals surface area (Å²) in [5.74, 6) is 2.30. The fraction of sp³-hybridized carbons (Fsp3) is 0.238. The van der Waals surface area contributed by atoms with Crippen LogP contribution in [0.3, 0.4) is 0 Å². The van der Waals surface area contributed by atoms with Crippen LogP contribution in [0, 0.1) is 6.92 Å². The number of hydrogen-bond acceptors (Lipinski definition) is 5. The summed E-state index contributed by atoms with van der Waals surface area (Å²) >= 11 is 7.94. The monoisotopic (exact) mass is 429 g/mol. The third-order valence-corrected chi connectivity index (χ3v) is 6.38. The summed E-state index contributed by atoms with van der Waals surface area (Å²) in [6, 6.07) is 13.1. The van der Waals surface area contributed by atoms with Crippen molar-refractivity contribution in [2.45, 2.75) is 12.2 Å². The van der Waals surface area contributed by atoms with Crippen LogP contribution in [0.4, 0.5) is 5.82 Å². The van der Waals surface area contributed by atoms with Gasteiger partial charge in [-0.3, -0.25) is 4.79 Å². The smallest absolute Gasteiger partial charge is 0.235 e. The Morgan fingerprint density at radius 1 is 1.21 bits per heavy atom. The van der Waals surface area contributed by atoms with E-state index in [0.717, 1.165) is 28.3 Å². The van der Waals surface area contributed by atoms with Gasteiger partial charge in [-0.05, 0) is 37.3 Å². The molecular weight excluding hydrogens is 410 g/mol. The average Bonchev–Trinajstić information content (AvgIpc) is 2.93. The number of carbonyl (C=O) groups excluding carboxylic acids is 1. The molecule has 29 heavy (non-hydrogen) atoms. The van der Waals surface area contributed by atoms with E-state index >= 15 is 0 Å². The number of aryl methyl sites for hydroxylation is 1. The number of aromatic nitrogens is 2. The lowest BCUT2D eigenvalue weighted by molar-refractivity contribution is -0.113. The number of carbonyl (C=O) groups is 1. The Morgan fingerprint density at radius 3 is 2.72 bits per heavy atom. The maximum atomic E-state index is 12.5. The lowest BCUT2D eigenvalue weighted by Crippen LogP contribution is -2.16. The van der Waals surface area contributed by atoms with Crippen molar-refractivity contribution in [3.05, 3.63) is 64.3 Å². The van der Waals surface area contributed by atoms with E-state index < -0.39 is 0 Å². The molecule has 1 atom stereocenters. The summed E-state index contributed by atoms with van der Waals surface area (Å²) in [4.78, 5) is 12.5. The zero-order valence-electron chi connectivity index (χ0n) is 16.2. The standard InChI is InChI=1S/C21H20ClN3O3S/c1-12-19-20(14-10-13(27-2)8-9-17(14)28-3)29-11-18(26)23-21(19)25(24-12)16-7-5-4-6-15(16)22/h4-10,20H,11H2,1-3H3,(H,23,26)/t20-/m1/s1. The minimum Gasteiger partial charge on any atom is -0.497 e. The minimum atomic E-state index is -0.162. The highest BCUT2D eigenvalue weighted by molar-refractivity contribution is 8.00. The quantitative estimate of drug-likeness (QED) is 0.655. The number of rotatable bonds is 4. The molecule has 0 radical (unpaired) electrons. The number of thioether (sulfide) groups is 1. The van der Waals surface area contributed by atoms with Gasteiger partial charge in [-0.15, -0.1) is 11.8 Å². The molecule has 1 aromatic heterocycles. The maximum Gasteiger partial charge on any atom is 0.235 e. The third kappa shape index (κ3) is 3.56. The van der Waals surface area contributed by atoms with Gasteiger partial charge in [0, 0.05) is 11.1 Å². The number of nitrogens with zero attached hydrogens (tertiary/aromatic N) is 2. The van der Waals surface area contributed by atoms with E-state index in [2.05, 4.69) is 5.32 Å². The van der Waals surface area contributed by atoms with E-state index in [1.807, 2.05) is 43.3 Å². The van der Waals surface area contributed by atoms with Gasteiger partial charge in [0.25, 0.3) is 0 Å². The van der Waals surface area contributed by atoms with Gasteiger partial charge >= 0.3 is 0 Å². The molecule has 0 bridgehead atoms. The van der Waals surface area contributed by atoms with Gasteiger partial charge in [0.05, 0.1) is 41.6 Å². The predicted molar refractivity (Wildman–Crippen MR) is 116 cm³/mol. The molecule has 3 aromatic rings. The molecule has 1 N–H and O–H groups in total. The molecule has 6 nitrogen and oxygen atoms in total. The Morgan fingerprint density at radius 2 is 2.00 bits per heavy atom. The largest absolute Gasteiger partial charge is 0.497 e. The van der Waals surface area contributed by atoms with Crippen LogP contribution < -0.4 is 14.8 Å². The molecule has 1 aliphatic heterocycles. The number of methoxy groups -OCH3 is 2. The Bertz CT molecular complexity index is 1080. The topological polar surface area (TPSA) is 65.4 Å². The number of para-hydroxylation sites is 1. The number of amides is 1. The van der Waals surface area contributed by atoms with Crippen molar-refractivity contribution in [1.29, 1.82) is 0 Å². The molecule has 2 heterocycles. The molecule has 2 aromatic carbocycles. The molecule has 0 aliphatic carbocycles. The van der Waals surface area contributed by atoms with Crippen molar-refractivity contribution in [3.8, 4) is 17.2 Å². The van der Waals surface area contributed by atoms with E-state index in [1.54, 1.807) is 25.0 Å². The zero-order chi connectivity index (χ0) is 20.5. The second kappa shape index (κ2) is 8.00. The number of benzene rings is 2. The van der Waals surface area contributed by atoms with Gasteiger partial charge in [0.1, 0.15) is 17.3 Å². The maximum absolute atomic E-state index is 12.5. The van der Waals surface area contributed by atoms with Crippen LogP contribution in [0.2, 0.25) is 5.02 Å². The fourth-order valence-electron chi connectivity index (χ4n) is 3.47. The molecule has 150 valence electrons. The van der Waals surface area contributed by atoms with Gasteiger partial charge < -0.3 is 14.8 Å². The van der Waals surface area contributed by atoms with Crippen molar-refractivity contribution < 1.29 is 14.3 Å². The number of nitrogens with one attached hydrogen (secondary N) is 1. The SMILES string of the molecule is COc1ccc(OC)c([C@H]2SCC(=O)Nc3c2c(C)nn3-c2ccccc2Cl)c1. The van der Waals surface area contributed by atoms with E-state index in [0.29, 0.717) is 22.3 Å². The fourth-order valence-corrected chi connectivity index (χ4v) is 4.89. The van der Waals surface area contributed by atoms with E-state index in [9.17, 15) is 4.79 Å². The highest BCUT2D eigenvalue weighted by Crippen LogP contribution is 2.47. The summed E-state index contributed by atoms with van der Waals surface area (Å²) in [7, 11) is 3.26. The summed E-state index contributed by atoms with van der Waals surface area (Å²) < 4.78 is 12.7. The van der Waals surface area contributed by atoms with Crippen LogP contribution in [0.5, 0.6) is 11.5 Å². The molecule has 0 fully saturated rings. The Kier molecular flexibility index (Phi) is 5.43. The van der Waals surface area contributed by atoms with Gasteiger partial charge in [0.2, 0.25) is 5.91 Å². The van der Waals surface area contributed by atoms with Crippen LogP contribution in [-0.4, -0.2) is 35.7 Å². The lowest BCUT2D eigenvalue weighted by Gasteiger charge is -2.19. The first-order valence-electron chi connectivity index (χ1n) is 9.01. The van der Waals surface area contributed by atoms with Crippen molar-refractivity contribution in [3.63, 3.8) is 0 Å². The predicted octanol–water partition coefficient (Wildman–Crippen LogP) is 4.63. The van der Waals surface area contributed by atoms with E-state index in [4.69, 9.17) is 26.2 Å². The van der Waals surface area contributed by atoms with Crippen LogP contribution in [0.25, 0.3) is 5.69 Å². The van der Waals surface area contributed by atoms with Crippen molar-refractivity contribution in [2.75, 3.05) is 25.3 Å². The van der Waals surface area contributed by atoms with E-state index in [-0.39, 0.29) is 11.2 Å². The number of halogens is 1. The van der Waals surface area contributed by atoms with E-state index in [1.165, 1.54) is 11.8 Å². The molecule has 0 saturated carbocycles. The Hall–Kier alpha value is -2.64. The third-order valence-electron chi connectivity index (χ3n) is 4.81. The van der Waals surface area contributed by atoms with Gasteiger partial charge in [0.15, 0.2) is 0 Å². The highest BCUT2D eigenvalue weighted by atomic mass is 35.5. The van der Waals surface area contributed by atoms with Crippen LogP contribution >= 0.6 is 23.4 Å². The van der Waals surface area contributed by atoms with Gasteiger partial charge in [-0.1, -0.05) is 23.7 Å². The Balaban J connectivity index is 1.94. The lowest BCUT2D eigenvalue weighted by atomic mass is 10.0. The first kappa shape index (κ1) is 19.7. The van der Waals surface area contributed by atoms with Crippen molar-refractivity contribution in [2.24, 2.45) is 0 Å². The second-order valence-corrected chi connectivity index (χ2v) is 8.06. The normalized spacial score (nSPS) is 16.0. The highest BCUT2D eigenvalue weighted by Gasteiger charge is 2.32. The number of ether oxygens (including phenoxy) is 2. The first-order valence-corrected chi connectivity index (χ1v) is 10.4. The van der Waals surface area contributed by atoms with Crippen molar-refractivity contribution in [1.82, 2.24) is 9.78 Å². The van der Waals surface area contributed by atoms with Crippen molar-refractivity contribution >= 4 is 35.1 Å². The molecule has 0 spiro atoms. The summed E-state index contributed by atoms with van der Waals surface area (Å²) in [6.45, 7) is 1.93. The summed E-state index contributed by atoms with van der Waals surface area (Å²) in [5.41, 5.74) is 3.37. The minimum absolute atomic E-state index is 0.0891. The second-order valence-electron chi connectivity index (χ2n) is 6.56. The van der Waals surface area contributed by atoms with Gasteiger partial charge in [-0.25, -0.2) is 4.68 Å². The molecule has 0 saturated heterocycles. The molecule has 1 amide bonds. The van der Waals surface area contributed by atoms with Crippen LogP contribution in [0.15, 0.2) is 42.5 Å². The number of fused-ring (bicyclic) bond motifs is 1. The average molecular weight is 430 g/mol. The molecule has 4 rings (SSSR count). The summed E-state index contributed by atoms with van der Waals surface area (Å²) in [6.07, 6.45) is 0. The Labute approximate surface area is 178 Å².